The Balaban J connectivity index is 1.05. The molecular weight excluding hydrogens is 1050 g/mol. The molecule has 9 bridgehead atoms. The number of ether oxygens (including phenoxy) is 1. The number of fused-ring (bicyclic) bond motifs is 10. The van der Waals surface area contributed by atoms with Crippen LogP contribution in [0.25, 0.3) is 10.8 Å². The molecule has 4 aliphatic carbocycles. The Morgan fingerprint density at radius 3 is 2.40 bits per heavy atom. The number of H-pyrrole nitrogens is 1. The predicted octanol–water partition coefficient (Wildman–Crippen LogP) is 12.3. The van der Waals surface area contributed by atoms with Crippen molar-refractivity contribution >= 4 is 28.0 Å². The van der Waals surface area contributed by atoms with Crippen LogP contribution in [0.15, 0.2) is 103 Å². The Kier molecular flexibility index (Phi) is 18.4. The second kappa shape index (κ2) is 26.1. The van der Waals surface area contributed by atoms with Crippen LogP contribution in [0.2, 0.25) is 0 Å². The van der Waals surface area contributed by atoms with Crippen molar-refractivity contribution in [2.24, 2.45) is 35.5 Å². The summed E-state index contributed by atoms with van der Waals surface area (Å²) in [6.07, 6.45) is 16.6. The Morgan fingerprint density at radius 1 is 0.798 bits per heavy atom. The second-order valence-corrected chi connectivity index (χ2v) is 26.3. The number of ketones is 2. The van der Waals surface area contributed by atoms with Crippen LogP contribution in [-0.4, -0.2) is 87.1 Å². The van der Waals surface area contributed by atoms with E-state index in [1.54, 1.807) is 12.1 Å². The largest absolute Gasteiger partial charge is 0.507 e. The molecule has 9 N–H and O–H groups in total. The molecule has 0 amide bonds. The van der Waals surface area contributed by atoms with Gasteiger partial charge in [0.25, 0.3) is 0 Å². The minimum absolute atomic E-state index is 0.00933. The molecule has 3 saturated carbocycles. The highest BCUT2D eigenvalue weighted by Crippen LogP contribution is 2.52. The molecule has 0 radical (unpaired) electrons. The highest BCUT2D eigenvalue weighted by atomic mass is 16.5. The van der Waals surface area contributed by atoms with Crippen molar-refractivity contribution in [3.05, 3.63) is 142 Å². The fourth-order valence-electron chi connectivity index (χ4n) is 16.1. The van der Waals surface area contributed by atoms with Crippen LogP contribution in [0, 0.1) is 47.3 Å². The molecule has 84 heavy (non-hydrogen) atoms. The van der Waals surface area contributed by atoms with Gasteiger partial charge in [-0.25, -0.2) is 0 Å². The quantitative estimate of drug-likeness (QED) is 0.0600. The number of anilines is 1. The van der Waals surface area contributed by atoms with Crippen molar-refractivity contribution in [1.29, 1.82) is 0 Å². The Hall–Kier alpha value is -6.36. The summed E-state index contributed by atoms with van der Waals surface area (Å²) >= 11 is 0. The Labute approximate surface area is 497 Å². The number of aryl methyl sites for hydroxylation is 1. The summed E-state index contributed by atoms with van der Waals surface area (Å²) < 4.78 is 5.67. The molecule has 1 aromatic heterocycles. The number of dihydropyridines is 1. The number of phenolic OH excluding ortho intramolecular Hbond substituents is 2. The molecule has 2 aliphatic heterocycles. The number of phenols is 2. The van der Waals surface area contributed by atoms with E-state index in [1.165, 1.54) is 19.1 Å². The third-order valence-electron chi connectivity index (χ3n) is 20.6. The zero-order valence-electron chi connectivity index (χ0n) is 49.9. The molecule has 3 fully saturated rings. The number of hydrogen-bond acceptors (Lipinski definition) is 11. The molecule has 446 valence electrons. The van der Waals surface area contributed by atoms with Gasteiger partial charge in [-0.3, -0.25) is 9.59 Å². The molecule has 3 heterocycles. The Bertz CT molecular complexity index is 3310. The van der Waals surface area contributed by atoms with Gasteiger partial charge in [-0.05, 0) is 180 Å². The van der Waals surface area contributed by atoms with Gasteiger partial charge >= 0.3 is 0 Å². The zero-order valence-corrected chi connectivity index (χ0v) is 49.9. The van der Waals surface area contributed by atoms with E-state index >= 15 is 4.79 Å². The smallest absolute Gasteiger partial charge is 0.173 e. The van der Waals surface area contributed by atoms with Gasteiger partial charge in [0.1, 0.15) is 11.6 Å². The summed E-state index contributed by atoms with van der Waals surface area (Å²) in [5.74, 6) is 6.67. The highest BCUT2D eigenvalue weighted by Gasteiger charge is 2.50. The molecule has 11 rings (SSSR count). The van der Waals surface area contributed by atoms with Gasteiger partial charge in [0.2, 0.25) is 0 Å². The van der Waals surface area contributed by atoms with Crippen molar-refractivity contribution < 1.29 is 39.9 Å². The van der Waals surface area contributed by atoms with Gasteiger partial charge in [-0.1, -0.05) is 120 Å². The maximum absolute atomic E-state index is 15.5. The van der Waals surface area contributed by atoms with E-state index in [1.807, 2.05) is 30.3 Å². The van der Waals surface area contributed by atoms with E-state index in [4.69, 9.17) is 4.74 Å². The number of aromatic hydroxyl groups is 2. The monoisotopic (exact) mass is 1140 g/mol. The summed E-state index contributed by atoms with van der Waals surface area (Å²) in [5, 5.41) is 72.7. The van der Waals surface area contributed by atoms with E-state index in [2.05, 4.69) is 102 Å². The van der Waals surface area contributed by atoms with E-state index in [0.717, 1.165) is 115 Å². The number of carbonyl (C=O) groups is 2. The highest BCUT2D eigenvalue weighted by molar-refractivity contribution is 6.06. The number of rotatable bonds is 5. The molecule has 12 nitrogen and oxygen atoms in total. The number of aromatic nitrogens is 1. The molecule has 5 aromatic rings. The van der Waals surface area contributed by atoms with Crippen LogP contribution in [0.3, 0.4) is 0 Å². The molecule has 12 heteroatoms. The first-order valence-corrected chi connectivity index (χ1v) is 31.9. The van der Waals surface area contributed by atoms with E-state index < -0.39 is 53.0 Å². The maximum Gasteiger partial charge on any atom is 0.173 e. The Morgan fingerprint density at radius 2 is 1.61 bits per heavy atom. The van der Waals surface area contributed by atoms with Crippen LogP contribution < -0.4 is 20.7 Å². The lowest BCUT2D eigenvalue weighted by molar-refractivity contribution is -0.142. The molecule has 12 atom stereocenters. The first kappa shape index (κ1) is 59.4. The van der Waals surface area contributed by atoms with Crippen molar-refractivity contribution in [2.75, 3.05) is 32.1 Å². The fourth-order valence-corrected chi connectivity index (χ4v) is 16.1. The summed E-state index contributed by atoms with van der Waals surface area (Å²) in [6.45, 7) is 8.25. The first-order chi connectivity index (χ1) is 40.7. The lowest BCUT2D eigenvalue weighted by Gasteiger charge is -2.46. The van der Waals surface area contributed by atoms with E-state index in [-0.39, 0.29) is 53.8 Å². The standard InChI is InChI=1S/C72H90N4O8/c1-5-12-57-52-32-46(31-49-20-23-59(58-16-8-7-15-56(58)48-14-11-13-43(2)29-48)60-39-64(79)65(84-4)36-50(60)21-24-63(78)70(82)69(81)61(49)35-52)30-45-25-28-74-67(33-45)76-54-22-19-47-17-18-51(68(80)62(47)38-54)34-55(77)42-73-40-44(3)53-37-66(75-41-53)72(71(57)83)26-9-6-10-27-72/h7-8,15-19,22,25,33,36-39,41,43-44,46,48-49,52,55,57,59,61,70-71,73-77,79-80,82-83H,5-6,9-14,21,24,26-32,34-35,40,42H2,1-4H3. The van der Waals surface area contributed by atoms with Gasteiger partial charge in [-0.15, -0.1) is 0 Å². The van der Waals surface area contributed by atoms with Crippen molar-refractivity contribution in [2.45, 2.75) is 178 Å². The normalized spacial score (nSPS) is 29.8. The van der Waals surface area contributed by atoms with Gasteiger partial charge in [-0.2, -0.15) is 0 Å². The number of benzene rings is 4. The average Bonchev–Trinajstić information content (AvgIpc) is 3.58. The number of aliphatic hydroxyl groups is 3. The molecule has 4 aromatic carbocycles. The van der Waals surface area contributed by atoms with E-state index in [9.17, 15) is 30.3 Å². The maximum atomic E-state index is 15.5. The first-order valence-electron chi connectivity index (χ1n) is 31.9. The number of aliphatic hydroxyl groups excluding tert-OH is 3. The van der Waals surface area contributed by atoms with Gasteiger partial charge in [0.15, 0.2) is 29.2 Å². The number of methoxy groups -OCH3 is 1. The summed E-state index contributed by atoms with van der Waals surface area (Å²) in [7, 11) is 1.51. The topological polar surface area (TPSA) is 196 Å². The molecule has 12 unspecified atom stereocenters. The van der Waals surface area contributed by atoms with Crippen LogP contribution >= 0.6 is 0 Å². The zero-order chi connectivity index (χ0) is 58.6. The number of hydrogen-bond donors (Lipinski definition) is 9. The number of nitrogens with one attached hydrogen (secondary N) is 4. The van der Waals surface area contributed by atoms with E-state index in [0.29, 0.717) is 74.5 Å². The third kappa shape index (κ3) is 12.6. The second-order valence-electron chi connectivity index (χ2n) is 26.3. The SMILES string of the molecule is CCCC1C2CC(CC3=CCNC(=C3)Nc3ccc4ccc(c(O)c4c3)CC(O)CNCC(C)c3c[nH]c(c3)C3(CCCCC3)C1O)CC1C#CC(c3ccccc3C3CCCC(C)C3)c3cc(O)c(OC)cc3CCC(=O)C(O)C(=O)C1C2. The lowest BCUT2D eigenvalue weighted by atomic mass is 9.61. The van der Waals surface area contributed by atoms with Crippen molar-refractivity contribution in [3.8, 4) is 29.1 Å². The van der Waals surface area contributed by atoms with Crippen molar-refractivity contribution in [3.63, 3.8) is 0 Å². The number of carbonyl (C=O) groups excluding carboxylic acids is 2. The van der Waals surface area contributed by atoms with Crippen LogP contribution in [0.1, 0.15) is 180 Å². The van der Waals surface area contributed by atoms with Crippen LogP contribution in [0.5, 0.6) is 17.2 Å². The number of Topliss-reactive ketones (excluding diaryl/α,β-unsaturated/α-hetero) is 2. The summed E-state index contributed by atoms with van der Waals surface area (Å²) in [4.78, 5) is 33.8. The number of allylic oxidation sites excluding steroid dienone is 2. The third-order valence-corrected chi connectivity index (χ3v) is 20.6. The number of β-amino-alcohol motifs (C(OH)–C–C–N with tert-alkyl or cyclic N) is 1. The minimum atomic E-state index is -1.85. The molecule has 6 aliphatic rings. The van der Waals surface area contributed by atoms with Gasteiger partial charge in [0.05, 0.1) is 25.2 Å². The minimum Gasteiger partial charge on any atom is -0.507 e. The summed E-state index contributed by atoms with van der Waals surface area (Å²) in [5.41, 5.74) is 8.08. The van der Waals surface area contributed by atoms with Crippen LogP contribution in [0.4, 0.5) is 5.69 Å². The molecular formula is C72H90N4O8. The van der Waals surface area contributed by atoms with Gasteiger partial charge in [0, 0.05) is 72.7 Å². The fraction of sp³-hybridized carbons (Fsp3) is 0.528. The number of aromatic amines is 1. The molecule has 1 spiro atoms. The predicted molar refractivity (Wildman–Crippen MR) is 332 cm³/mol. The summed E-state index contributed by atoms with van der Waals surface area (Å²) in [6, 6.07) is 24.3. The molecule has 0 saturated heterocycles. The van der Waals surface area contributed by atoms with Crippen molar-refractivity contribution in [1.82, 2.24) is 15.6 Å². The lowest BCUT2D eigenvalue weighted by Crippen LogP contribution is -2.48. The average molecular weight is 1140 g/mol. The van der Waals surface area contributed by atoms with Gasteiger partial charge < -0.3 is 51.2 Å². The van der Waals surface area contributed by atoms with Crippen LogP contribution in [-0.2, 0) is 27.8 Å².